The molecule has 0 saturated carbocycles. The molecule has 0 fully saturated rings. The normalized spacial score (nSPS) is 11.2. The van der Waals surface area contributed by atoms with Crippen molar-refractivity contribution in [3.05, 3.63) is 35.7 Å². The number of hydrogen-bond donors (Lipinski definition) is 2. The number of nitrogens with one attached hydrogen (secondary N) is 1. The molecule has 24 heavy (non-hydrogen) atoms. The molecule has 0 aliphatic heterocycles. The van der Waals surface area contributed by atoms with Crippen LogP contribution in [0.1, 0.15) is 11.4 Å². The minimum absolute atomic E-state index is 0.151. The summed E-state index contributed by atoms with van der Waals surface area (Å²) in [5.74, 6) is -0.336. The molecule has 0 aliphatic rings. The number of hydrogen-bond acceptors (Lipinski definition) is 5. The second kappa shape index (κ2) is 7.66. The number of rotatable bonds is 4. The van der Waals surface area contributed by atoms with Crippen molar-refractivity contribution in [3.8, 4) is 17.6 Å². The summed E-state index contributed by atoms with van der Waals surface area (Å²) >= 11 is 1.33. The van der Waals surface area contributed by atoms with Gasteiger partial charge in [0.25, 0.3) is 0 Å². The third-order valence-corrected chi connectivity index (χ3v) is 4.02. The zero-order chi connectivity index (χ0) is 17.7. The molecule has 0 unspecified atom stereocenters. The number of imidazole rings is 1. The van der Waals surface area contributed by atoms with Crippen LogP contribution in [0.2, 0.25) is 0 Å². The number of aliphatic imine (C=N–C) groups is 1. The molecule has 1 heterocycles. The Labute approximate surface area is 144 Å². The molecule has 124 valence electrons. The van der Waals surface area contributed by atoms with Gasteiger partial charge in [0, 0.05) is 11.3 Å². The van der Waals surface area contributed by atoms with E-state index in [4.69, 9.17) is 10.4 Å². The van der Waals surface area contributed by atoms with Crippen LogP contribution in [0.5, 0.6) is 0 Å². The maximum atomic E-state index is 11.1. The summed E-state index contributed by atoms with van der Waals surface area (Å²) in [5, 5.41) is 20.8. The van der Waals surface area contributed by atoms with E-state index in [0.29, 0.717) is 16.7 Å². The molecule has 2 N–H and O–H groups in total. The van der Waals surface area contributed by atoms with E-state index in [1.54, 1.807) is 4.57 Å². The van der Waals surface area contributed by atoms with Gasteiger partial charge in [-0.15, -0.1) is 0 Å². The lowest BCUT2D eigenvalue weighted by Crippen LogP contribution is -2.12. The molecule has 2 rings (SSSR count). The first-order valence-electron chi connectivity index (χ1n) is 7.10. The van der Waals surface area contributed by atoms with Crippen LogP contribution in [0, 0.1) is 25.3 Å². The third-order valence-electron chi connectivity index (χ3n) is 3.44. The molecule has 0 amide bonds. The van der Waals surface area contributed by atoms with E-state index in [0.717, 1.165) is 17.0 Å². The van der Waals surface area contributed by atoms with Crippen LogP contribution in [-0.4, -0.2) is 32.1 Å². The Kier molecular flexibility index (Phi) is 5.60. The molecule has 0 saturated heterocycles. The fraction of sp³-hybridized carbons (Fsp3) is 0.250. The van der Waals surface area contributed by atoms with Crippen LogP contribution in [-0.2, 0) is 11.3 Å². The molecule has 0 radical (unpaired) electrons. The largest absolute Gasteiger partial charge is 0.480 e. The lowest BCUT2D eigenvalue weighted by Gasteiger charge is -2.08. The minimum atomic E-state index is -0.922. The Morgan fingerprint density at radius 1 is 1.50 bits per heavy atom. The number of benzene rings is 1. The molecular weight excluding hydrogens is 326 g/mol. The Bertz CT molecular complexity index is 835. The number of carboxylic acid groups (broad SMARTS) is 1. The highest BCUT2D eigenvalue weighted by Gasteiger charge is 2.15. The number of carboxylic acids is 1. The Hall–Kier alpha value is -2.79. The van der Waals surface area contributed by atoms with Gasteiger partial charge in [-0.1, -0.05) is 23.9 Å². The fourth-order valence-electron chi connectivity index (χ4n) is 2.21. The van der Waals surface area contributed by atoms with E-state index in [1.165, 1.54) is 11.8 Å². The van der Waals surface area contributed by atoms with Crippen molar-refractivity contribution < 1.29 is 9.90 Å². The highest BCUT2D eigenvalue weighted by atomic mass is 32.2. The molecule has 0 aliphatic carbocycles. The predicted molar refractivity (Wildman–Crippen MR) is 94.1 cm³/mol. The monoisotopic (exact) mass is 343 g/mol. The van der Waals surface area contributed by atoms with E-state index >= 15 is 0 Å². The second-order valence-electron chi connectivity index (χ2n) is 4.99. The molecule has 0 atom stereocenters. The van der Waals surface area contributed by atoms with Gasteiger partial charge in [-0.25, -0.2) is 9.98 Å². The standard InChI is InChI=1S/C16H17N5O2S/c1-10-11(2)21(8-14(22)23)15(19-10)12-5-4-6-13(7-12)20-16(24-3)18-9-17/h4-7H,8H2,1-3H3,(H,18,20)(H,22,23). The SMILES string of the molecule is CSC(=Nc1cccc(-c2nc(C)c(C)n2CC(=O)O)c1)NC#N. The minimum Gasteiger partial charge on any atom is -0.480 e. The van der Waals surface area contributed by atoms with Crippen molar-refractivity contribution in [1.29, 1.82) is 5.26 Å². The van der Waals surface area contributed by atoms with Crippen molar-refractivity contribution in [2.75, 3.05) is 6.26 Å². The van der Waals surface area contributed by atoms with Crippen molar-refractivity contribution >= 4 is 28.6 Å². The summed E-state index contributed by atoms with van der Waals surface area (Å²) in [6.45, 7) is 3.54. The molecule has 0 bridgehead atoms. The van der Waals surface area contributed by atoms with E-state index in [1.807, 2.05) is 50.6 Å². The second-order valence-corrected chi connectivity index (χ2v) is 5.79. The number of thioether (sulfide) groups is 1. The first-order valence-corrected chi connectivity index (χ1v) is 8.32. The average Bonchev–Trinajstić information content (AvgIpc) is 2.82. The van der Waals surface area contributed by atoms with Gasteiger partial charge >= 0.3 is 5.97 Å². The highest BCUT2D eigenvalue weighted by molar-refractivity contribution is 8.13. The fourth-order valence-corrected chi connectivity index (χ4v) is 2.55. The zero-order valence-corrected chi connectivity index (χ0v) is 14.4. The van der Waals surface area contributed by atoms with Gasteiger partial charge in [0.2, 0.25) is 0 Å². The molecule has 1 aromatic carbocycles. The number of aliphatic carboxylic acids is 1. The molecule has 0 spiro atoms. The lowest BCUT2D eigenvalue weighted by atomic mass is 10.2. The quantitative estimate of drug-likeness (QED) is 0.383. The summed E-state index contributed by atoms with van der Waals surface area (Å²) in [7, 11) is 0. The lowest BCUT2D eigenvalue weighted by molar-refractivity contribution is -0.137. The van der Waals surface area contributed by atoms with Gasteiger partial charge in [-0.3, -0.25) is 10.1 Å². The Morgan fingerprint density at radius 2 is 2.25 bits per heavy atom. The number of aromatic nitrogens is 2. The van der Waals surface area contributed by atoms with Gasteiger partial charge in [0.05, 0.1) is 11.4 Å². The number of carbonyl (C=O) groups is 1. The first-order chi connectivity index (χ1) is 11.5. The van der Waals surface area contributed by atoms with Crippen LogP contribution in [0.3, 0.4) is 0 Å². The topological polar surface area (TPSA) is 103 Å². The molecular formula is C16H17N5O2S. The maximum absolute atomic E-state index is 11.1. The summed E-state index contributed by atoms with van der Waals surface area (Å²) in [6, 6.07) is 7.30. The van der Waals surface area contributed by atoms with Crippen LogP contribution in [0.4, 0.5) is 5.69 Å². The van der Waals surface area contributed by atoms with Crippen LogP contribution in [0.15, 0.2) is 29.3 Å². The van der Waals surface area contributed by atoms with Crippen LogP contribution < -0.4 is 5.32 Å². The van der Waals surface area contributed by atoms with E-state index < -0.39 is 5.97 Å². The Balaban J connectivity index is 2.48. The summed E-state index contributed by atoms with van der Waals surface area (Å²) < 4.78 is 1.67. The van der Waals surface area contributed by atoms with Crippen molar-refractivity contribution in [1.82, 2.24) is 14.9 Å². The summed E-state index contributed by atoms with van der Waals surface area (Å²) in [6.07, 6.45) is 3.66. The number of nitrogens with zero attached hydrogens (tertiary/aromatic N) is 4. The zero-order valence-electron chi connectivity index (χ0n) is 13.6. The van der Waals surface area contributed by atoms with Gasteiger partial charge in [0.1, 0.15) is 12.4 Å². The number of nitriles is 1. The van der Waals surface area contributed by atoms with E-state index in [9.17, 15) is 4.79 Å². The van der Waals surface area contributed by atoms with Gasteiger partial charge in [-0.2, -0.15) is 5.26 Å². The number of aryl methyl sites for hydroxylation is 1. The van der Waals surface area contributed by atoms with Crippen molar-refractivity contribution in [2.24, 2.45) is 4.99 Å². The first kappa shape index (κ1) is 17.6. The summed E-state index contributed by atoms with van der Waals surface area (Å²) in [4.78, 5) is 20.0. The Morgan fingerprint density at radius 3 is 2.88 bits per heavy atom. The number of amidine groups is 1. The smallest absolute Gasteiger partial charge is 0.323 e. The van der Waals surface area contributed by atoms with E-state index in [2.05, 4.69) is 15.3 Å². The molecule has 7 nitrogen and oxygen atoms in total. The van der Waals surface area contributed by atoms with Gasteiger partial charge in [0.15, 0.2) is 11.4 Å². The van der Waals surface area contributed by atoms with E-state index in [-0.39, 0.29) is 6.54 Å². The van der Waals surface area contributed by atoms with Crippen molar-refractivity contribution in [3.63, 3.8) is 0 Å². The van der Waals surface area contributed by atoms with Crippen molar-refractivity contribution in [2.45, 2.75) is 20.4 Å². The molecule has 8 heteroatoms. The highest BCUT2D eigenvalue weighted by Crippen LogP contribution is 2.26. The predicted octanol–water partition coefficient (Wildman–Crippen LogP) is 2.67. The van der Waals surface area contributed by atoms with Crippen LogP contribution in [0.25, 0.3) is 11.4 Å². The molecule has 1 aromatic heterocycles. The average molecular weight is 343 g/mol. The third kappa shape index (κ3) is 3.94. The molecule has 2 aromatic rings. The van der Waals surface area contributed by atoms with Crippen LogP contribution >= 0.6 is 11.8 Å². The summed E-state index contributed by atoms with van der Waals surface area (Å²) in [5.41, 5.74) is 3.03. The maximum Gasteiger partial charge on any atom is 0.323 e. The van der Waals surface area contributed by atoms with Gasteiger partial charge in [-0.05, 0) is 32.2 Å². The van der Waals surface area contributed by atoms with Gasteiger partial charge < -0.3 is 9.67 Å².